The molecular formula is C12H20N4O2S. The lowest BCUT2D eigenvalue weighted by atomic mass is 10.1. The molecule has 1 aliphatic rings. The predicted octanol–water partition coefficient (Wildman–Crippen LogP) is 1.06. The SMILES string of the molecule is CC(C)c1nsc(N[C@@H]2CCCN(CCO)C2=O)n1. The van der Waals surface area contributed by atoms with Crippen molar-refractivity contribution in [1.82, 2.24) is 14.3 Å². The van der Waals surface area contributed by atoms with E-state index >= 15 is 0 Å². The van der Waals surface area contributed by atoms with Gasteiger partial charge in [-0.15, -0.1) is 0 Å². The van der Waals surface area contributed by atoms with Gasteiger partial charge in [-0.25, -0.2) is 4.98 Å². The quantitative estimate of drug-likeness (QED) is 0.845. The summed E-state index contributed by atoms with van der Waals surface area (Å²) in [7, 11) is 0. The van der Waals surface area contributed by atoms with Crippen LogP contribution in [0.25, 0.3) is 0 Å². The van der Waals surface area contributed by atoms with Crippen LogP contribution in [0.1, 0.15) is 38.4 Å². The zero-order valence-electron chi connectivity index (χ0n) is 11.3. The molecule has 1 aliphatic heterocycles. The molecule has 2 rings (SSSR count). The fourth-order valence-electron chi connectivity index (χ4n) is 2.09. The summed E-state index contributed by atoms with van der Waals surface area (Å²) in [5.41, 5.74) is 0. The van der Waals surface area contributed by atoms with Crippen molar-refractivity contribution in [3.05, 3.63) is 5.82 Å². The summed E-state index contributed by atoms with van der Waals surface area (Å²) in [6.45, 7) is 5.23. The van der Waals surface area contributed by atoms with Gasteiger partial charge in [0.15, 0.2) is 0 Å². The Bertz CT molecular complexity index is 433. The molecule has 1 aromatic heterocycles. The Balaban J connectivity index is 1.99. The van der Waals surface area contributed by atoms with Gasteiger partial charge >= 0.3 is 0 Å². The van der Waals surface area contributed by atoms with Gasteiger partial charge in [0, 0.05) is 30.5 Å². The third-order valence-electron chi connectivity index (χ3n) is 3.16. The number of rotatable bonds is 5. The van der Waals surface area contributed by atoms with Gasteiger partial charge in [0.2, 0.25) is 11.0 Å². The normalized spacial score (nSPS) is 20.1. The number of aromatic nitrogens is 2. The average molecular weight is 284 g/mol. The maximum Gasteiger partial charge on any atom is 0.245 e. The van der Waals surface area contributed by atoms with Gasteiger partial charge in [0.25, 0.3) is 0 Å². The summed E-state index contributed by atoms with van der Waals surface area (Å²) < 4.78 is 4.26. The third kappa shape index (κ3) is 3.42. The molecule has 7 heteroatoms. The number of aliphatic hydroxyl groups is 1. The Kier molecular flexibility index (Phi) is 4.71. The summed E-state index contributed by atoms with van der Waals surface area (Å²) in [5.74, 6) is 1.14. The summed E-state index contributed by atoms with van der Waals surface area (Å²) in [6, 6.07) is -0.242. The molecule has 106 valence electrons. The first-order chi connectivity index (χ1) is 9.11. The van der Waals surface area contributed by atoms with Gasteiger partial charge in [-0.2, -0.15) is 4.37 Å². The lowest BCUT2D eigenvalue weighted by Gasteiger charge is -2.32. The molecule has 1 amide bonds. The van der Waals surface area contributed by atoms with Crippen LogP contribution in [-0.4, -0.2) is 51.0 Å². The Morgan fingerprint density at radius 1 is 1.58 bits per heavy atom. The van der Waals surface area contributed by atoms with Crippen LogP contribution >= 0.6 is 11.5 Å². The molecule has 0 unspecified atom stereocenters. The molecule has 0 radical (unpaired) electrons. The number of piperidine rings is 1. The first-order valence-electron chi connectivity index (χ1n) is 6.61. The molecule has 19 heavy (non-hydrogen) atoms. The van der Waals surface area contributed by atoms with E-state index in [1.807, 2.05) is 13.8 Å². The predicted molar refractivity (Wildman–Crippen MR) is 74.3 cm³/mol. The van der Waals surface area contributed by atoms with Crippen LogP contribution in [0, 0.1) is 0 Å². The lowest BCUT2D eigenvalue weighted by Crippen LogP contribution is -2.48. The van der Waals surface area contributed by atoms with Crippen molar-refractivity contribution < 1.29 is 9.90 Å². The highest BCUT2D eigenvalue weighted by molar-refractivity contribution is 7.09. The largest absolute Gasteiger partial charge is 0.395 e. The lowest BCUT2D eigenvalue weighted by molar-refractivity contribution is -0.134. The first kappa shape index (κ1) is 14.2. The number of carbonyl (C=O) groups excluding carboxylic acids is 1. The summed E-state index contributed by atoms with van der Waals surface area (Å²) in [5, 5.41) is 12.8. The van der Waals surface area contributed by atoms with E-state index in [-0.39, 0.29) is 18.6 Å². The fraction of sp³-hybridized carbons (Fsp3) is 0.750. The summed E-state index contributed by atoms with van der Waals surface area (Å²) in [4.78, 5) is 18.3. The number of nitrogens with zero attached hydrogens (tertiary/aromatic N) is 3. The van der Waals surface area contributed by atoms with E-state index in [2.05, 4.69) is 14.7 Å². The second-order valence-electron chi connectivity index (χ2n) is 5.00. The van der Waals surface area contributed by atoms with Gasteiger partial charge in [-0.1, -0.05) is 13.8 Å². The van der Waals surface area contributed by atoms with E-state index in [1.54, 1.807) is 4.90 Å². The molecule has 6 nitrogen and oxygen atoms in total. The molecule has 0 aromatic carbocycles. The van der Waals surface area contributed by atoms with E-state index in [9.17, 15) is 4.79 Å². The number of likely N-dealkylation sites (tertiary alicyclic amines) is 1. The van der Waals surface area contributed by atoms with E-state index in [0.717, 1.165) is 25.2 Å². The number of amides is 1. The highest BCUT2D eigenvalue weighted by Crippen LogP contribution is 2.21. The molecule has 0 aliphatic carbocycles. The minimum atomic E-state index is -0.242. The number of hydrogen-bond acceptors (Lipinski definition) is 6. The number of nitrogens with one attached hydrogen (secondary N) is 1. The molecule has 0 bridgehead atoms. The highest BCUT2D eigenvalue weighted by Gasteiger charge is 2.28. The van der Waals surface area contributed by atoms with E-state index < -0.39 is 0 Å². The number of β-amino-alcohol motifs (C(OH)–C–C–N with tert-alkyl or cyclic N) is 1. The molecule has 0 saturated carbocycles. The Morgan fingerprint density at radius 2 is 2.37 bits per heavy atom. The number of aliphatic hydroxyl groups excluding tert-OH is 1. The smallest absolute Gasteiger partial charge is 0.245 e. The topological polar surface area (TPSA) is 78.4 Å². The molecule has 2 heterocycles. The van der Waals surface area contributed by atoms with E-state index in [1.165, 1.54) is 11.5 Å². The van der Waals surface area contributed by atoms with Crippen LogP contribution in [0.5, 0.6) is 0 Å². The average Bonchev–Trinajstić information content (AvgIpc) is 2.83. The zero-order chi connectivity index (χ0) is 13.8. The standard InChI is InChI=1S/C12H20N4O2S/c1-8(2)10-14-12(19-15-10)13-9-4-3-5-16(6-7-17)11(9)18/h8-9,17H,3-7H2,1-2H3,(H,13,14,15)/t9-/m1/s1. The molecule has 1 aromatic rings. The van der Waals surface area contributed by atoms with Gasteiger partial charge < -0.3 is 15.3 Å². The van der Waals surface area contributed by atoms with Crippen LogP contribution in [0.3, 0.4) is 0 Å². The highest BCUT2D eigenvalue weighted by atomic mass is 32.1. The second kappa shape index (κ2) is 6.29. The maximum atomic E-state index is 12.2. The van der Waals surface area contributed by atoms with E-state index in [4.69, 9.17) is 5.11 Å². The molecule has 1 atom stereocenters. The van der Waals surface area contributed by atoms with Crippen molar-refractivity contribution in [2.24, 2.45) is 0 Å². The Labute approximate surface area is 117 Å². The van der Waals surface area contributed by atoms with Crippen LogP contribution < -0.4 is 5.32 Å². The molecule has 1 saturated heterocycles. The van der Waals surface area contributed by atoms with Gasteiger partial charge in [0.05, 0.1) is 6.61 Å². The zero-order valence-corrected chi connectivity index (χ0v) is 12.1. The van der Waals surface area contributed by atoms with Gasteiger partial charge in [-0.3, -0.25) is 4.79 Å². The van der Waals surface area contributed by atoms with Crippen molar-refractivity contribution in [2.45, 2.75) is 38.6 Å². The molecule has 1 fully saturated rings. The second-order valence-corrected chi connectivity index (χ2v) is 5.75. The van der Waals surface area contributed by atoms with Gasteiger partial charge in [0.1, 0.15) is 11.9 Å². The van der Waals surface area contributed by atoms with Gasteiger partial charge in [-0.05, 0) is 12.8 Å². The van der Waals surface area contributed by atoms with Crippen molar-refractivity contribution >= 4 is 22.6 Å². The maximum absolute atomic E-state index is 12.2. The number of hydrogen-bond donors (Lipinski definition) is 2. The van der Waals surface area contributed by atoms with Crippen molar-refractivity contribution in [3.8, 4) is 0 Å². The fourth-order valence-corrected chi connectivity index (χ4v) is 2.85. The van der Waals surface area contributed by atoms with Crippen LogP contribution in [0.15, 0.2) is 0 Å². The van der Waals surface area contributed by atoms with Crippen molar-refractivity contribution in [3.63, 3.8) is 0 Å². The molecular weight excluding hydrogens is 264 g/mol. The summed E-state index contributed by atoms with van der Waals surface area (Å²) in [6.07, 6.45) is 1.75. The van der Waals surface area contributed by atoms with Crippen LogP contribution in [0.2, 0.25) is 0 Å². The van der Waals surface area contributed by atoms with Crippen molar-refractivity contribution in [1.29, 1.82) is 0 Å². The minimum absolute atomic E-state index is 0.00870. The van der Waals surface area contributed by atoms with Crippen LogP contribution in [0.4, 0.5) is 5.13 Å². The third-order valence-corrected chi connectivity index (χ3v) is 3.82. The van der Waals surface area contributed by atoms with Crippen molar-refractivity contribution in [2.75, 3.05) is 25.0 Å². The summed E-state index contributed by atoms with van der Waals surface area (Å²) >= 11 is 1.30. The molecule has 2 N–H and O–H groups in total. The number of anilines is 1. The molecule has 0 spiro atoms. The number of carbonyl (C=O) groups is 1. The monoisotopic (exact) mass is 284 g/mol. The van der Waals surface area contributed by atoms with E-state index in [0.29, 0.717) is 17.6 Å². The Morgan fingerprint density at radius 3 is 3.00 bits per heavy atom. The van der Waals surface area contributed by atoms with Crippen LogP contribution in [-0.2, 0) is 4.79 Å². The minimum Gasteiger partial charge on any atom is -0.395 e. The first-order valence-corrected chi connectivity index (χ1v) is 7.39. The Hall–Kier alpha value is -1.21.